The summed E-state index contributed by atoms with van der Waals surface area (Å²) in [6, 6.07) is 4.67. The molecule has 6 heteroatoms. The summed E-state index contributed by atoms with van der Waals surface area (Å²) in [7, 11) is 6.98. The molecule has 0 aliphatic carbocycles. The topological polar surface area (TPSA) is 43.2 Å². The van der Waals surface area contributed by atoms with Gasteiger partial charge in [-0.25, -0.2) is 9.07 Å². The van der Waals surface area contributed by atoms with Gasteiger partial charge in [-0.3, -0.25) is 0 Å². The van der Waals surface area contributed by atoms with Crippen molar-refractivity contribution in [2.75, 3.05) is 26.1 Å². The minimum absolute atomic E-state index is 0.211. The van der Waals surface area contributed by atoms with Gasteiger partial charge in [0.25, 0.3) is 0 Å². The molecule has 0 radical (unpaired) electrons. The summed E-state index contributed by atoms with van der Waals surface area (Å²) in [5.41, 5.74) is 0.622. The van der Waals surface area contributed by atoms with Crippen LogP contribution in [0.5, 0.6) is 5.75 Å². The van der Waals surface area contributed by atoms with Gasteiger partial charge in [0.1, 0.15) is 0 Å². The number of benzene rings is 1. The third kappa shape index (κ3) is 2.13. The molecular weight excluding hydrogens is 235 g/mol. The van der Waals surface area contributed by atoms with Crippen LogP contribution in [0.3, 0.4) is 0 Å². The summed E-state index contributed by atoms with van der Waals surface area (Å²) in [5, 5.41) is 4.26. The summed E-state index contributed by atoms with van der Waals surface area (Å²) >= 11 is 0. The van der Waals surface area contributed by atoms with Crippen molar-refractivity contribution < 1.29 is 9.13 Å². The monoisotopic (exact) mass is 250 g/mol. The third-order valence-electron chi connectivity index (χ3n) is 2.55. The van der Waals surface area contributed by atoms with Gasteiger partial charge < -0.3 is 9.64 Å². The fraction of sp³-hybridized carbons (Fsp3) is 0.333. The Kier molecular flexibility index (Phi) is 3.18. The van der Waals surface area contributed by atoms with Gasteiger partial charge in [-0.05, 0) is 18.2 Å². The third-order valence-corrected chi connectivity index (χ3v) is 2.55. The normalized spacial score (nSPS) is 10.5. The average Bonchev–Trinajstić information content (AvgIpc) is 2.71. The van der Waals surface area contributed by atoms with Crippen molar-refractivity contribution >= 4 is 5.95 Å². The van der Waals surface area contributed by atoms with Gasteiger partial charge in [0.2, 0.25) is 5.95 Å². The highest BCUT2D eigenvalue weighted by Crippen LogP contribution is 2.24. The Morgan fingerprint density at radius 2 is 2.06 bits per heavy atom. The Bertz CT molecular complexity index is 565. The van der Waals surface area contributed by atoms with Gasteiger partial charge in [0, 0.05) is 26.7 Å². The molecule has 2 rings (SSSR count). The number of hydrogen-bond acceptors (Lipinski definition) is 4. The maximum Gasteiger partial charge on any atom is 0.223 e. The fourth-order valence-corrected chi connectivity index (χ4v) is 1.69. The summed E-state index contributed by atoms with van der Waals surface area (Å²) in [4.78, 5) is 6.19. The van der Waals surface area contributed by atoms with Crippen molar-refractivity contribution in [1.82, 2.24) is 14.8 Å². The molecule has 0 saturated heterocycles. The van der Waals surface area contributed by atoms with Crippen LogP contribution in [0.4, 0.5) is 10.3 Å². The standard InChI is InChI=1S/C12H15FN4O/c1-16(2)12-14-11(15-17(12)3)8-5-6-10(18-4)9(13)7-8/h5-7H,1-4H3. The maximum absolute atomic E-state index is 13.6. The predicted molar refractivity (Wildman–Crippen MR) is 67.3 cm³/mol. The molecule has 0 bridgehead atoms. The van der Waals surface area contributed by atoms with E-state index >= 15 is 0 Å². The highest BCUT2D eigenvalue weighted by atomic mass is 19.1. The highest BCUT2D eigenvalue weighted by Gasteiger charge is 2.12. The van der Waals surface area contributed by atoms with Crippen molar-refractivity contribution in [3.63, 3.8) is 0 Å². The van der Waals surface area contributed by atoms with E-state index in [0.29, 0.717) is 17.3 Å². The molecule has 5 nitrogen and oxygen atoms in total. The fourth-order valence-electron chi connectivity index (χ4n) is 1.69. The Hall–Kier alpha value is -2.11. The number of rotatable bonds is 3. The van der Waals surface area contributed by atoms with E-state index in [4.69, 9.17) is 4.74 Å². The highest BCUT2D eigenvalue weighted by molar-refractivity contribution is 5.58. The molecule has 0 spiro atoms. The SMILES string of the molecule is COc1ccc(-c2nc(N(C)C)n(C)n2)cc1F. The van der Waals surface area contributed by atoms with Crippen LogP contribution in [0.1, 0.15) is 0 Å². The van der Waals surface area contributed by atoms with E-state index < -0.39 is 5.82 Å². The molecule has 0 unspecified atom stereocenters. The van der Waals surface area contributed by atoms with Gasteiger partial charge in [0.15, 0.2) is 17.4 Å². The van der Waals surface area contributed by atoms with Crippen molar-refractivity contribution in [1.29, 1.82) is 0 Å². The number of hydrogen-bond donors (Lipinski definition) is 0. The predicted octanol–water partition coefficient (Wildman–Crippen LogP) is 1.70. The molecule has 0 saturated carbocycles. The lowest BCUT2D eigenvalue weighted by molar-refractivity contribution is 0.386. The van der Waals surface area contributed by atoms with Crippen molar-refractivity contribution in [3.05, 3.63) is 24.0 Å². The van der Waals surface area contributed by atoms with Crippen LogP contribution in [-0.4, -0.2) is 36.0 Å². The zero-order valence-corrected chi connectivity index (χ0v) is 10.8. The largest absolute Gasteiger partial charge is 0.494 e. The Balaban J connectivity index is 2.43. The Labute approximate surface area is 105 Å². The van der Waals surface area contributed by atoms with Crippen LogP contribution in [-0.2, 0) is 7.05 Å². The molecule has 18 heavy (non-hydrogen) atoms. The van der Waals surface area contributed by atoms with E-state index in [-0.39, 0.29) is 5.75 Å². The van der Waals surface area contributed by atoms with E-state index in [0.717, 1.165) is 0 Å². The zero-order chi connectivity index (χ0) is 13.3. The number of aryl methyl sites for hydroxylation is 1. The first-order chi connectivity index (χ1) is 8.52. The lowest BCUT2D eigenvalue weighted by atomic mass is 10.2. The summed E-state index contributed by atoms with van der Waals surface area (Å²) in [6.07, 6.45) is 0. The molecule has 1 aromatic heterocycles. The van der Waals surface area contributed by atoms with Gasteiger partial charge >= 0.3 is 0 Å². The minimum Gasteiger partial charge on any atom is -0.494 e. The molecule has 0 fully saturated rings. The van der Waals surface area contributed by atoms with E-state index in [1.807, 2.05) is 19.0 Å². The average molecular weight is 250 g/mol. The second-order valence-electron chi connectivity index (χ2n) is 4.10. The summed E-state index contributed by atoms with van der Waals surface area (Å²) < 4.78 is 20.1. The van der Waals surface area contributed by atoms with Crippen LogP contribution in [0, 0.1) is 5.82 Å². The molecule has 1 heterocycles. The van der Waals surface area contributed by atoms with Gasteiger partial charge in [-0.2, -0.15) is 4.98 Å². The molecule has 0 atom stereocenters. The molecule has 96 valence electrons. The quantitative estimate of drug-likeness (QED) is 0.831. The number of nitrogens with zero attached hydrogens (tertiary/aromatic N) is 4. The van der Waals surface area contributed by atoms with E-state index in [9.17, 15) is 4.39 Å². The molecular formula is C12H15FN4O. The first-order valence-corrected chi connectivity index (χ1v) is 5.45. The molecule has 0 amide bonds. The van der Waals surface area contributed by atoms with Crippen LogP contribution in [0.25, 0.3) is 11.4 Å². The Morgan fingerprint density at radius 1 is 1.33 bits per heavy atom. The van der Waals surface area contributed by atoms with Crippen LogP contribution in [0.15, 0.2) is 18.2 Å². The number of ether oxygens (including phenoxy) is 1. The molecule has 0 aliphatic heterocycles. The number of aromatic nitrogens is 3. The van der Waals surface area contributed by atoms with Crippen molar-refractivity contribution in [3.8, 4) is 17.1 Å². The zero-order valence-electron chi connectivity index (χ0n) is 10.8. The number of halogens is 1. The van der Waals surface area contributed by atoms with E-state index in [1.54, 1.807) is 23.9 Å². The van der Waals surface area contributed by atoms with Crippen LogP contribution < -0.4 is 9.64 Å². The maximum atomic E-state index is 13.6. The van der Waals surface area contributed by atoms with Gasteiger partial charge in [-0.1, -0.05) is 0 Å². The summed E-state index contributed by atoms with van der Waals surface area (Å²) in [5.74, 6) is 0.986. The molecule has 0 aliphatic rings. The molecule has 2 aromatic rings. The Morgan fingerprint density at radius 3 is 2.56 bits per heavy atom. The second-order valence-corrected chi connectivity index (χ2v) is 4.10. The lowest BCUT2D eigenvalue weighted by Crippen LogP contribution is -2.14. The van der Waals surface area contributed by atoms with Crippen molar-refractivity contribution in [2.24, 2.45) is 7.05 Å². The van der Waals surface area contributed by atoms with Gasteiger partial charge in [-0.15, -0.1) is 5.10 Å². The smallest absolute Gasteiger partial charge is 0.223 e. The first kappa shape index (κ1) is 12.3. The van der Waals surface area contributed by atoms with Crippen molar-refractivity contribution in [2.45, 2.75) is 0 Å². The lowest BCUT2D eigenvalue weighted by Gasteiger charge is -2.08. The summed E-state index contributed by atoms with van der Waals surface area (Å²) in [6.45, 7) is 0. The second kappa shape index (κ2) is 4.64. The van der Waals surface area contributed by atoms with Crippen LogP contribution >= 0.6 is 0 Å². The van der Waals surface area contributed by atoms with E-state index in [2.05, 4.69) is 10.1 Å². The number of methoxy groups -OCH3 is 1. The number of anilines is 1. The first-order valence-electron chi connectivity index (χ1n) is 5.45. The molecule has 1 aromatic carbocycles. The van der Waals surface area contributed by atoms with Gasteiger partial charge in [0.05, 0.1) is 7.11 Å². The minimum atomic E-state index is -0.422. The van der Waals surface area contributed by atoms with E-state index in [1.165, 1.54) is 13.2 Å². The van der Waals surface area contributed by atoms with Crippen LogP contribution in [0.2, 0.25) is 0 Å². The molecule has 0 N–H and O–H groups in total.